The van der Waals surface area contributed by atoms with Gasteiger partial charge in [-0.3, -0.25) is 9.69 Å². The fourth-order valence-corrected chi connectivity index (χ4v) is 2.58. The third kappa shape index (κ3) is 4.15. The van der Waals surface area contributed by atoms with Crippen LogP contribution in [-0.4, -0.2) is 30.8 Å². The minimum Gasteiger partial charge on any atom is -0.298 e. The molecule has 0 aromatic heterocycles. The molecule has 1 aromatic rings. The Morgan fingerprint density at radius 2 is 1.77 bits per heavy atom. The molecule has 0 N–H and O–H groups in total. The van der Waals surface area contributed by atoms with Gasteiger partial charge in [-0.1, -0.05) is 48.6 Å². The van der Waals surface area contributed by atoms with Gasteiger partial charge in [0.1, 0.15) is 0 Å². The molecule has 0 amide bonds. The molecule has 0 saturated carbocycles. The van der Waals surface area contributed by atoms with E-state index < -0.39 is 0 Å². The molecular formula is C20H23NO. The standard InChI is InChI=1S/C20H23NO/c1-4-9-16(5-2)12-18-14-21(3)15-19(20(18)22)13-17-10-7-6-8-11-17/h4-13H,14-15H2,1-3H3/b9-4-,16-5+,18-12+,19-13+. The summed E-state index contributed by atoms with van der Waals surface area (Å²) in [5, 5.41) is 0. The third-order valence-corrected chi connectivity index (χ3v) is 3.64. The van der Waals surface area contributed by atoms with Gasteiger partial charge in [-0.05, 0) is 44.2 Å². The maximum absolute atomic E-state index is 12.7. The Morgan fingerprint density at radius 3 is 2.41 bits per heavy atom. The Bertz CT molecular complexity index is 648. The largest absolute Gasteiger partial charge is 0.298 e. The Labute approximate surface area is 133 Å². The van der Waals surface area contributed by atoms with Gasteiger partial charge in [0.25, 0.3) is 0 Å². The molecule has 0 bridgehead atoms. The van der Waals surface area contributed by atoms with Gasteiger partial charge >= 0.3 is 0 Å². The van der Waals surface area contributed by atoms with Crippen molar-refractivity contribution in [3.05, 3.63) is 76.9 Å². The average Bonchev–Trinajstić information content (AvgIpc) is 2.52. The monoisotopic (exact) mass is 293 g/mol. The van der Waals surface area contributed by atoms with Crippen LogP contribution >= 0.6 is 0 Å². The van der Waals surface area contributed by atoms with Crippen LogP contribution in [0.1, 0.15) is 19.4 Å². The highest BCUT2D eigenvalue weighted by Crippen LogP contribution is 2.20. The van der Waals surface area contributed by atoms with E-state index in [1.165, 1.54) is 0 Å². The number of Topliss-reactive ketones (excluding diaryl/α,β-unsaturated/α-hetero) is 1. The first kappa shape index (κ1) is 16.2. The Hall–Kier alpha value is -2.19. The van der Waals surface area contributed by atoms with Gasteiger partial charge in [0.2, 0.25) is 0 Å². The first-order valence-corrected chi connectivity index (χ1v) is 7.62. The smallest absolute Gasteiger partial charge is 0.187 e. The number of allylic oxidation sites excluding steroid dienone is 5. The predicted octanol–water partition coefficient (Wildman–Crippen LogP) is 4.03. The molecule has 1 fully saturated rings. The van der Waals surface area contributed by atoms with E-state index in [9.17, 15) is 4.79 Å². The summed E-state index contributed by atoms with van der Waals surface area (Å²) in [5.74, 6) is 0.158. The lowest BCUT2D eigenvalue weighted by Crippen LogP contribution is -2.34. The number of rotatable bonds is 3. The van der Waals surface area contributed by atoms with Crippen molar-refractivity contribution in [3.63, 3.8) is 0 Å². The summed E-state index contributed by atoms with van der Waals surface area (Å²) >= 11 is 0. The molecule has 1 aromatic carbocycles. The summed E-state index contributed by atoms with van der Waals surface area (Å²) in [6.45, 7) is 5.36. The topological polar surface area (TPSA) is 20.3 Å². The summed E-state index contributed by atoms with van der Waals surface area (Å²) in [7, 11) is 2.05. The highest BCUT2D eigenvalue weighted by atomic mass is 16.1. The molecule has 1 saturated heterocycles. The first-order chi connectivity index (χ1) is 10.6. The molecule has 0 spiro atoms. The van der Waals surface area contributed by atoms with E-state index in [4.69, 9.17) is 0 Å². The molecule has 2 nitrogen and oxygen atoms in total. The lowest BCUT2D eigenvalue weighted by atomic mass is 9.94. The molecule has 1 aliphatic rings. The number of carbonyl (C=O) groups is 1. The van der Waals surface area contributed by atoms with Gasteiger partial charge in [-0.25, -0.2) is 0 Å². The number of likely N-dealkylation sites (tertiary alicyclic amines) is 1. The van der Waals surface area contributed by atoms with Crippen LogP contribution in [-0.2, 0) is 4.79 Å². The number of nitrogens with zero attached hydrogens (tertiary/aromatic N) is 1. The van der Waals surface area contributed by atoms with Crippen molar-refractivity contribution in [3.8, 4) is 0 Å². The van der Waals surface area contributed by atoms with E-state index >= 15 is 0 Å². The minimum atomic E-state index is 0.158. The van der Waals surface area contributed by atoms with Crippen LogP contribution in [0.3, 0.4) is 0 Å². The number of benzene rings is 1. The molecule has 0 atom stereocenters. The summed E-state index contributed by atoms with van der Waals surface area (Å²) in [6.07, 6.45) is 10.0. The maximum Gasteiger partial charge on any atom is 0.187 e. The molecular weight excluding hydrogens is 270 g/mol. The SMILES string of the molecule is C\C=C/C(=C\C)/C=C1\CN(C)C/C(=C\c2ccccc2)C1=O. The van der Waals surface area contributed by atoms with Crippen LogP contribution in [0.25, 0.3) is 6.08 Å². The van der Waals surface area contributed by atoms with E-state index in [-0.39, 0.29) is 5.78 Å². The highest BCUT2D eigenvalue weighted by Gasteiger charge is 2.23. The minimum absolute atomic E-state index is 0.158. The Kier molecular flexibility index (Phi) is 5.68. The average molecular weight is 293 g/mol. The summed E-state index contributed by atoms with van der Waals surface area (Å²) in [6, 6.07) is 10.0. The number of hydrogen-bond acceptors (Lipinski definition) is 2. The van der Waals surface area contributed by atoms with E-state index in [2.05, 4.69) is 4.90 Å². The zero-order valence-electron chi connectivity index (χ0n) is 13.5. The van der Waals surface area contributed by atoms with Crippen molar-refractivity contribution < 1.29 is 4.79 Å². The Balaban J connectivity index is 2.33. The van der Waals surface area contributed by atoms with Gasteiger partial charge in [0.15, 0.2) is 5.78 Å². The molecule has 1 heterocycles. The number of piperidine rings is 1. The van der Waals surface area contributed by atoms with Crippen molar-refractivity contribution in [2.24, 2.45) is 0 Å². The second-order valence-corrected chi connectivity index (χ2v) is 5.54. The second-order valence-electron chi connectivity index (χ2n) is 5.54. The molecule has 2 heteroatoms. The van der Waals surface area contributed by atoms with Crippen molar-refractivity contribution in [2.45, 2.75) is 13.8 Å². The fraction of sp³-hybridized carbons (Fsp3) is 0.250. The van der Waals surface area contributed by atoms with Crippen molar-refractivity contribution in [1.29, 1.82) is 0 Å². The van der Waals surface area contributed by atoms with E-state index in [0.717, 1.165) is 22.3 Å². The summed E-state index contributed by atoms with van der Waals surface area (Å²) in [4.78, 5) is 14.9. The zero-order valence-corrected chi connectivity index (χ0v) is 13.5. The van der Waals surface area contributed by atoms with Crippen LogP contribution in [0.4, 0.5) is 0 Å². The van der Waals surface area contributed by atoms with Crippen molar-refractivity contribution in [2.75, 3.05) is 20.1 Å². The normalized spacial score (nSPS) is 21.2. The van der Waals surface area contributed by atoms with E-state index in [0.29, 0.717) is 13.1 Å². The second kappa shape index (κ2) is 7.71. The Morgan fingerprint density at radius 1 is 1.09 bits per heavy atom. The quantitative estimate of drug-likeness (QED) is 0.619. The van der Waals surface area contributed by atoms with Crippen LogP contribution < -0.4 is 0 Å². The van der Waals surface area contributed by atoms with Crippen LogP contribution in [0.15, 0.2) is 71.4 Å². The molecule has 1 aliphatic heterocycles. The molecule has 114 valence electrons. The fourth-order valence-electron chi connectivity index (χ4n) is 2.58. The van der Waals surface area contributed by atoms with Crippen LogP contribution in [0.5, 0.6) is 0 Å². The summed E-state index contributed by atoms with van der Waals surface area (Å²) < 4.78 is 0. The third-order valence-electron chi connectivity index (χ3n) is 3.64. The van der Waals surface area contributed by atoms with Gasteiger partial charge < -0.3 is 0 Å². The van der Waals surface area contributed by atoms with Gasteiger partial charge in [-0.2, -0.15) is 0 Å². The summed E-state index contributed by atoms with van der Waals surface area (Å²) in [5.41, 5.74) is 3.84. The van der Waals surface area contributed by atoms with E-state index in [1.54, 1.807) is 0 Å². The number of hydrogen-bond donors (Lipinski definition) is 0. The number of carbonyl (C=O) groups excluding carboxylic acids is 1. The molecule has 0 unspecified atom stereocenters. The van der Waals surface area contributed by atoms with E-state index in [1.807, 2.05) is 81.6 Å². The zero-order chi connectivity index (χ0) is 15.9. The van der Waals surface area contributed by atoms with Crippen LogP contribution in [0, 0.1) is 0 Å². The van der Waals surface area contributed by atoms with Gasteiger partial charge in [0.05, 0.1) is 0 Å². The van der Waals surface area contributed by atoms with Gasteiger partial charge in [0, 0.05) is 24.2 Å². The lowest BCUT2D eigenvalue weighted by Gasteiger charge is -2.26. The van der Waals surface area contributed by atoms with Gasteiger partial charge in [-0.15, -0.1) is 0 Å². The molecule has 22 heavy (non-hydrogen) atoms. The maximum atomic E-state index is 12.7. The molecule has 0 radical (unpaired) electrons. The van der Waals surface area contributed by atoms with Crippen molar-refractivity contribution in [1.82, 2.24) is 4.90 Å². The van der Waals surface area contributed by atoms with Crippen LogP contribution in [0.2, 0.25) is 0 Å². The lowest BCUT2D eigenvalue weighted by molar-refractivity contribution is -0.113. The van der Waals surface area contributed by atoms with Crippen molar-refractivity contribution >= 4 is 11.9 Å². The molecule has 0 aliphatic carbocycles. The number of ketones is 1. The number of likely N-dealkylation sites (N-methyl/N-ethyl adjacent to an activating group) is 1. The predicted molar refractivity (Wildman–Crippen MR) is 93.6 cm³/mol. The molecule has 2 rings (SSSR count). The first-order valence-electron chi connectivity index (χ1n) is 7.62. The highest BCUT2D eigenvalue weighted by molar-refractivity contribution is 6.12.